The van der Waals surface area contributed by atoms with Crippen molar-refractivity contribution in [3.63, 3.8) is 0 Å². The Morgan fingerprint density at radius 1 is 1.00 bits per heavy atom. The van der Waals surface area contributed by atoms with Crippen LogP contribution in [0.1, 0.15) is 30.9 Å². The second kappa shape index (κ2) is 10.5. The first-order valence-electron chi connectivity index (χ1n) is 12.3. The second-order valence-corrected chi connectivity index (χ2v) is 11.0. The van der Waals surface area contributed by atoms with Crippen LogP contribution < -0.4 is 0 Å². The number of benzene rings is 3. The Morgan fingerprint density at radius 2 is 1.70 bits per heavy atom. The van der Waals surface area contributed by atoms with Gasteiger partial charge in [-0.3, -0.25) is 0 Å². The molecule has 1 aliphatic rings. The van der Waals surface area contributed by atoms with Crippen molar-refractivity contribution in [2.45, 2.75) is 50.1 Å². The zero-order chi connectivity index (χ0) is 26.0. The molecule has 1 N–H and O–H groups in total. The average Bonchev–Trinajstić information content (AvgIpc) is 3.24. The molecule has 3 aromatic carbocycles. The summed E-state index contributed by atoms with van der Waals surface area (Å²) in [5.41, 5.74) is 3.43. The third-order valence-electron chi connectivity index (χ3n) is 6.60. The Bertz CT molecular complexity index is 1560. The lowest BCUT2D eigenvalue weighted by Gasteiger charge is -2.31. The Balaban J connectivity index is 1.61. The Labute approximate surface area is 217 Å². The van der Waals surface area contributed by atoms with E-state index >= 15 is 0 Å². The monoisotopic (exact) mass is 515 g/mol. The molecule has 5 rings (SSSR count). The molecule has 0 amide bonds. The minimum absolute atomic E-state index is 0.117. The van der Waals surface area contributed by atoms with Gasteiger partial charge in [-0.25, -0.2) is 12.4 Å². The van der Waals surface area contributed by atoms with Crippen molar-refractivity contribution in [1.82, 2.24) is 3.97 Å². The van der Waals surface area contributed by atoms with Gasteiger partial charge in [0, 0.05) is 17.4 Å². The molecule has 1 aromatic heterocycles. The molecule has 0 saturated carbocycles. The SMILES string of the molecule is Cc1ccc(S(=O)(=O)n2c(-c3ccccc3)c(C#CCO[C@@H]3CC[C@@H](O)[C@H](C)O3)c3ccccc32)cc1. The Morgan fingerprint density at radius 3 is 2.43 bits per heavy atom. The molecule has 1 saturated heterocycles. The van der Waals surface area contributed by atoms with Gasteiger partial charge in [0.1, 0.15) is 6.61 Å². The van der Waals surface area contributed by atoms with Crippen LogP contribution in [0.15, 0.2) is 83.8 Å². The first-order valence-corrected chi connectivity index (χ1v) is 13.8. The number of nitrogens with zero attached hydrogens (tertiary/aromatic N) is 1. The predicted octanol–water partition coefficient (Wildman–Crippen LogP) is 5.11. The summed E-state index contributed by atoms with van der Waals surface area (Å²) in [5.74, 6) is 6.27. The second-order valence-electron chi connectivity index (χ2n) is 9.22. The number of aryl methyl sites for hydroxylation is 1. The smallest absolute Gasteiger partial charge is 0.268 e. The number of ether oxygens (including phenoxy) is 2. The number of aliphatic hydroxyl groups excluding tert-OH is 1. The molecule has 4 aromatic rings. The van der Waals surface area contributed by atoms with E-state index in [1.54, 1.807) is 30.3 Å². The maximum atomic E-state index is 14.0. The van der Waals surface area contributed by atoms with Gasteiger partial charge < -0.3 is 14.6 Å². The molecule has 0 unspecified atom stereocenters. The van der Waals surface area contributed by atoms with Crippen molar-refractivity contribution in [1.29, 1.82) is 0 Å². The molecule has 1 aliphatic heterocycles. The van der Waals surface area contributed by atoms with Gasteiger partial charge in [-0.15, -0.1) is 0 Å². The van der Waals surface area contributed by atoms with E-state index in [0.29, 0.717) is 29.6 Å². The lowest BCUT2D eigenvalue weighted by Crippen LogP contribution is -2.37. The van der Waals surface area contributed by atoms with Crippen molar-refractivity contribution in [3.8, 4) is 23.1 Å². The summed E-state index contributed by atoms with van der Waals surface area (Å²) >= 11 is 0. The van der Waals surface area contributed by atoms with E-state index in [1.165, 1.54) is 3.97 Å². The first-order chi connectivity index (χ1) is 17.9. The van der Waals surface area contributed by atoms with Gasteiger partial charge in [0.15, 0.2) is 6.29 Å². The van der Waals surface area contributed by atoms with E-state index in [4.69, 9.17) is 9.47 Å². The quantitative estimate of drug-likeness (QED) is 0.374. The zero-order valence-corrected chi connectivity index (χ0v) is 21.6. The van der Waals surface area contributed by atoms with E-state index in [0.717, 1.165) is 16.5 Å². The molecule has 0 aliphatic carbocycles. The minimum atomic E-state index is -3.93. The van der Waals surface area contributed by atoms with E-state index in [9.17, 15) is 13.5 Å². The van der Waals surface area contributed by atoms with Gasteiger partial charge >= 0.3 is 0 Å². The molecule has 37 heavy (non-hydrogen) atoms. The number of hydrogen-bond donors (Lipinski definition) is 1. The molecule has 0 bridgehead atoms. The highest BCUT2D eigenvalue weighted by atomic mass is 32.2. The van der Waals surface area contributed by atoms with Crippen LogP contribution in [0.25, 0.3) is 22.2 Å². The first kappa shape index (κ1) is 25.2. The number of aliphatic hydroxyl groups is 1. The number of fused-ring (bicyclic) bond motifs is 1. The summed E-state index contributed by atoms with van der Waals surface area (Å²) in [6.07, 6.45) is 0.00470. The van der Waals surface area contributed by atoms with Gasteiger partial charge in [0.25, 0.3) is 10.0 Å². The minimum Gasteiger partial charge on any atom is -0.390 e. The normalized spacial score (nSPS) is 19.9. The summed E-state index contributed by atoms with van der Waals surface area (Å²) in [6, 6.07) is 23.7. The van der Waals surface area contributed by atoms with Crippen molar-refractivity contribution in [3.05, 3.63) is 90.0 Å². The van der Waals surface area contributed by atoms with Crippen LogP contribution in [0.5, 0.6) is 0 Å². The predicted molar refractivity (Wildman–Crippen MR) is 144 cm³/mol. The van der Waals surface area contributed by atoms with Crippen LogP contribution in [-0.4, -0.2) is 42.6 Å². The molecule has 0 spiro atoms. The van der Waals surface area contributed by atoms with Gasteiger partial charge in [0.2, 0.25) is 0 Å². The van der Waals surface area contributed by atoms with Crippen molar-refractivity contribution >= 4 is 20.9 Å². The van der Waals surface area contributed by atoms with Crippen LogP contribution in [0.2, 0.25) is 0 Å². The zero-order valence-electron chi connectivity index (χ0n) is 20.8. The van der Waals surface area contributed by atoms with Crippen molar-refractivity contribution in [2.75, 3.05) is 6.61 Å². The largest absolute Gasteiger partial charge is 0.390 e. The summed E-state index contributed by atoms with van der Waals surface area (Å²) in [7, 11) is -3.93. The third-order valence-corrected chi connectivity index (χ3v) is 8.33. The fourth-order valence-electron chi connectivity index (χ4n) is 4.58. The van der Waals surface area contributed by atoms with Gasteiger partial charge in [-0.2, -0.15) is 0 Å². The molecule has 2 heterocycles. The van der Waals surface area contributed by atoms with E-state index in [2.05, 4.69) is 11.8 Å². The van der Waals surface area contributed by atoms with Crippen molar-refractivity contribution in [2.24, 2.45) is 0 Å². The molecule has 1 fully saturated rings. The summed E-state index contributed by atoms with van der Waals surface area (Å²) in [6.45, 7) is 3.86. The lowest BCUT2D eigenvalue weighted by atomic mass is 10.1. The summed E-state index contributed by atoms with van der Waals surface area (Å²) in [4.78, 5) is 0.213. The fraction of sp³-hybridized carbons (Fsp3) is 0.267. The Hall–Kier alpha value is -3.41. The molecule has 6 nitrogen and oxygen atoms in total. The molecular formula is C30H29NO5S. The van der Waals surface area contributed by atoms with Gasteiger partial charge in [-0.05, 0) is 38.5 Å². The maximum absolute atomic E-state index is 14.0. The number of aromatic nitrogens is 1. The van der Waals surface area contributed by atoms with E-state index in [-0.39, 0.29) is 17.6 Å². The molecule has 7 heteroatoms. The highest BCUT2D eigenvalue weighted by Gasteiger charge is 2.28. The molecule has 3 atom stereocenters. The molecule has 190 valence electrons. The fourth-order valence-corrected chi connectivity index (χ4v) is 6.13. The summed E-state index contributed by atoms with van der Waals surface area (Å²) in [5, 5.41) is 10.6. The highest BCUT2D eigenvalue weighted by molar-refractivity contribution is 7.90. The van der Waals surface area contributed by atoms with E-state index < -0.39 is 22.4 Å². The molecular weight excluding hydrogens is 486 g/mol. The topological polar surface area (TPSA) is 77.8 Å². The number of hydrogen-bond acceptors (Lipinski definition) is 5. The van der Waals surface area contributed by atoms with Crippen molar-refractivity contribution < 1.29 is 23.0 Å². The summed E-state index contributed by atoms with van der Waals surface area (Å²) < 4.78 is 40.9. The van der Waals surface area contributed by atoms with Gasteiger partial charge in [0.05, 0.1) is 33.9 Å². The Kier molecular flexibility index (Phi) is 7.18. The molecule has 0 radical (unpaired) electrons. The standard InChI is InChI=1S/C30H29NO5S/c1-21-14-16-24(17-15-21)37(33,34)31-27-13-7-6-11-25(27)26(30(31)23-9-4-3-5-10-23)12-8-20-35-29-19-18-28(32)22(2)36-29/h3-7,9-11,13-17,22,28-29,32H,18-20H2,1-2H3/t22-,28+,29-/m0/s1. The number of para-hydroxylation sites is 1. The van der Waals surface area contributed by atoms with Crippen LogP contribution >= 0.6 is 0 Å². The van der Waals surface area contributed by atoms with Crippen LogP contribution in [0, 0.1) is 18.8 Å². The number of rotatable bonds is 5. The highest BCUT2D eigenvalue weighted by Crippen LogP contribution is 2.36. The van der Waals surface area contributed by atoms with Crippen LogP contribution in [0.4, 0.5) is 0 Å². The van der Waals surface area contributed by atoms with Gasteiger partial charge in [-0.1, -0.05) is 78.1 Å². The third kappa shape index (κ3) is 5.07. The van der Waals surface area contributed by atoms with E-state index in [1.807, 2.05) is 62.4 Å². The van der Waals surface area contributed by atoms with Crippen LogP contribution in [0.3, 0.4) is 0 Å². The maximum Gasteiger partial charge on any atom is 0.268 e. The van der Waals surface area contributed by atoms with Crippen LogP contribution in [-0.2, 0) is 19.5 Å². The lowest BCUT2D eigenvalue weighted by molar-refractivity contribution is -0.211. The average molecular weight is 516 g/mol.